The van der Waals surface area contributed by atoms with E-state index in [4.69, 9.17) is 4.74 Å². The zero-order valence-corrected chi connectivity index (χ0v) is 14.4. The van der Waals surface area contributed by atoms with Crippen molar-refractivity contribution in [2.75, 3.05) is 31.1 Å². The molecular weight excluding hydrogens is 356 g/mol. The van der Waals surface area contributed by atoms with Gasteiger partial charge in [0.05, 0.1) is 0 Å². The average molecular weight is 375 g/mol. The summed E-state index contributed by atoms with van der Waals surface area (Å²) >= 11 is 3.46. The van der Waals surface area contributed by atoms with E-state index in [0.29, 0.717) is 6.47 Å². The molecule has 1 fully saturated rings. The Hall–Kier alpha value is -1.85. The predicted molar refractivity (Wildman–Crippen MR) is 94.3 cm³/mol. The lowest BCUT2D eigenvalue weighted by molar-refractivity contribution is -0.144. The van der Waals surface area contributed by atoms with Crippen LogP contribution in [0.3, 0.4) is 0 Å². The minimum Gasteiger partial charge on any atom is -0.444 e. The van der Waals surface area contributed by atoms with Crippen LogP contribution in [0.5, 0.6) is 0 Å². The van der Waals surface area contributed by atoms with Gasteiger partial charge in [-0.2, -0.15) is 0 Å². The zero-order chi connectivity index (χ0) is 16.1. The van der Waals surface area contributed by atoms with Gasteiger partial charge in [-0.1, -0.05) is 46.3 Å². The molecule has 1 unspecified atom stereocenters. The molecule has 1 aliphatic rings. The quantitative estimate of drug-likeness (QED) is 0.750. The number of piperazine rings is 1. The first-order valence-corrected chi connectivity index (χ1v) is 8.46. The Bertz CT molecular complexity index is 625. The molecule has 2 aromatic rings. The van der Waals surface area contributed by atoms with Crippen molar-refractivity contribution in [2.45, 2.75) is 6.23 Å². The Kier molecular flexibility index (Phi) is 5.31. The number of halogens is 1. The third-order valence-corrected chi connectivity index (χ3v) is 4.64. The van der Waals surface area contributed by atoms with Crippen LogP contribution in [0.2, 0.25) is 0 Å². The molecule has 23 heavy (non-hydrogen) atoms. The van der Waals surface area contributed by atoms with Crippen LogP contribution >= 0.6 is 15.9 Å². The fourth-order valence-corrected chi connectivity index (χ4v) is 3.18. The highest BCUT2D eigenvalue weighted by Crippen LogP contribution is 2.25. The van der Waals surface area contributed by atoms with E-state index < -0.39 is 0 Å². The minimum absolute atomic E-state index is 0.305. The Labute approximate surface area is 144 Å². The molecule has 1 saturated heterocycles. The number of hydrogen-bond acceptors (Lipinski definition) is 4. The third kappa shape index (κ3) is 3.92. The summed E-state index contributed by atoms with van der Waals surface area (Å²) in [5, 5.41) is 0. The van der Waals surface area contributed by atoms with Gasteiger partial charge in [0.1, 0.15) is 0 Å². The maximum atomic E-state index is 10.9. The maximum absolute atomic E-state index is 10.9. The Morgan fingerprint density at radius 1 is 0.957 bits per heavy atom. The summed E-state index contributed by atoms with van der Waals surface area (Å²) in [5.41, 5.74) is 2.23. The summed E-state index contributed by atoms with van der Waals surface area (Å²) < 4.78 is 6.43. The van der Waals surface area contributed by atoms with Crippen LogP contribution in [0.15, 0.2) is 59.1 Å². The van der Waals surface area contributed by atoms with E-state index in [1.807, 2.05) is 30.3 Å². The molecule has 0 saturated carbocycles. The molecule has 0 amide bonds. The Balaban J connectivity index is 1.67. The van der Waals surface area contributed by atoms with Gasteiger partial charge in [-0.15, -0.1) is 0 Å². The lowest BCUT2D eigenvalue weighted by atomic mass is 10.1. The predicted octanol–water partition coefficient (Wildman–Crippen LogP) is 3.44. The summed E-state index contributed by atoms with van der Waals surface area (Å²) in [7, 11) is 0. The molecule has 2 aromatic carbocycles. The van der Waals surface area contributed by atoms with Crippen LogP contribution in [-0.2, 0) is 9.53 Å². The monoisotopic (exact) mass is 374 g/mol. The van der Waals surface area contributed by atoms with Crippen molar-refractivity contribution >= 4 is 28.1 Å². The van der Waals surface area contributed by atoms with Crippen molar-refractivity contribution in [3.63, 3.8) is 0 Å². The van der Waals surface area contributed by atoms with Gasteiger partial charge >= 0.3 is 0 Å². The molecule has 0 N–H and O–H groups in total. The van der Waals surface area contributed by atoms with Gasteiger partial charge in [-0.3, -0.25) is 9.69 Å². The second kappa shape index (κ2) is 7.62. The first-order chi connectivity index (χ1) is 11.3. The number of carbonyl (C=O) groups is 1. The van der Waals surface area contributed by atoms with Crippen molar-refractivity contribution < 1.29 is 9.53 Å². The smallest absolute Gasteiger partial charge is 0.294 e. The fourth-order valence-electron chi connectivity index (χ4n) is 2.91. The van der Waals surface area contributed by atoms with E-state index in [0.717, 1.165) is 36.2 Å². The summed E-state index contributed by atoms with van der Waals surface area (Å²) in [6.07, 6.45) is -0.305. The van der Waals surface area contributed by atoms with E-state index in [2.05, 4.69) is 50.0 Å². The summed E-state index contributed by atoms with van der Waals surface area (Å²) in [6, 6.07) is 18.3. The molecule has 0 aromatic heterocycles. The molecule has 0 radical (unpaired) electrons. The van der Waals surface area contributed by atoms with Crippen molar-refractivity contribution in [2.24, 2.45) is 0 Å². The molecule has 0 aliphatic carbocycles. The molecule has 4 nitrogen and oxygen atoms in total. The first-order valence-electron chi connectivity index (χ1n) is 7.66. The van der Waals surface area contributed by atoms with Crippen LogP contribution in [0.25, 0.3) is 0 Å². The van der Waals surface area contributed by atoms with Gasteiger partial charge in [0.25, 0.3) is 6.47 Å². The summed E-state index contributed by atoms with van der Waals surface area (Å²) in [6.45, 7) is 4.06. The van der Waals surface area contributed by atoms with E-state index in [-0.39, 0.29) is 6.23 Å². The standard InChI is InChI=1S/C18H19BrN2O2/c19-16-6-8-17(9-7-16)20-10-12-21(13-11-20)18(23-14-22)15-4-2-1-3-5-15/h1-9,14,18H,10-13H2. The molecule has 0 spiro atoms. The highest BCUT2D eigenvalue weighted by atomic mass is 79.9. The zero-order valence-electron chi connectivity index (χ0n) is 12.8. The SMILES string of the molecule is O=COC(c1ccccc1)N1CCN(c2ccc(Br)cc2)CC1. The number of nitrogens with zero attached hydrogens (tertiary/aromatic N) is 2. The molecule has 0 bridgehead atoms. The van der Waals surface area contributed by atoms with Crippen LogP contribution in [-0.4, -0.2) is 37.6 Å². The van der Waals surface area contributed by atoms with Crippen LogP contribution < -0.4 is 4.90 Å². The van der Waals surface area contributed by atoms with Gasteiger partial charge < -0.3 is 9.64 Å². The third-order valence-electron chi connectivity index (χ3n) is 4.11. The van der Waals surface area contributed by atoms with Gasteiger partial charge in [-0.05, 0) is 24.3 Å². The fraction of sp³-hybridized carbons (Fsp3) is 0.278. The van der Waals surface area contributed by atoms with Crippen LogP contribution in [0.1, 0.15) is 11.8 Å². The maximum Gasteiger partial charge on any atom is 0.294 e. The number of benzene rings is 2. The molecule has 120 valence electrons. The topological polar surface area (TPSA) is 32.8 Å². The van der Waals surface area contributed by atoms with Gasteiger partial charge in [0.2, 0.25) is 0 Å². The van der Waals surface area contributed by atoms with Gasteiger partial charge in [-0.25, -0.2) is 0 Å². The van der Waals surface area contributed by atoms with Crippen molar-refractivity contribution in [3.8, 4) is 0 Å². The van der Waals surface area contributed by atoms with Crippen molar-refractivity contribution in [1.29, 1.82) is 0 Å². The van der Waals surface area contributed by atoms with E-state index in [1.54, 1.807) is 0 Å². The Morgan fingerprint density at radius 2 is 1.61 bits per heavy atom. The molecule has 1 aliphatic heterocycles. The highest BCUT2D eigenvalue weighted by molar-refractivity contribution is 9.10. The van der Waals surface area contributed by atoms with Crippen molar-refractivity contribution in [3.05, 3.63) is 64.6 Å². The number of ether oxygens (including phenoxy) is 1. The number of rotatable bonds is 5. The number of anilines is 1. The lowest BCUT2D eigenvalue weighted by Gasteiger charge is -2.39. The largest absolute Gasteiger partial charge is 0.444 e. The normalized spacial score (nSPS) is 16.8. The van der Waals surface area contributed by atoms with Crippen LogP contribution in [0, 0.1) is 0 Å². The number of carbonyl (C=O) groups excluding carboxylic acids is 1. The van der Waals surface area contributed by atoms with E-state index in [9.17, 15) is 4.79 Å². The average Bonchev–Trinajstić information content (AvgIpc) is 2.61. The molecular formula is C18H19BrN2O2. The molecule has 1 atom stereocenters. The Morgan fingerprint density at radius 3 is 2.22 bits per heavy atom. The second-order valence-electron chi connectivity index (χ2n) is 5.49. The first kappa shape index (κ1) is 16.0. The summed E-state index contributed by atoms with van der Waals surface area (Å²) in [5.74, 6) is 0. The van der Waals surface area contributed by atoms with Gasteiger partial charge in [0, 0.05) is 41.9 Å². The molecule has 5 heteroatoms. The van der Waals surface area contributed by atoms with E-state index in [1.165, 1.54) is 5.69 Å². The van der Waals surface area contributed by atoms with E-state index >= 15 is 0 Å². The number of hydrogen-bond donors (Lipinski definition) is 0. The minimum atomic E-state index is -0.305. The van der Waals surface area contributed by atoms with Crippen LogP contribution in [0.4, 0.5) is 5.69 Å². The lowest BCUT2D eigenvalue weighted by Crippen LogP contribution is -2.48. The molecule has 3 rings (SSSR count). The second-order valence-corrected chi connectivity index (χ2v) is 6.41. The molecule has 1 heterocycles. The van der Waals surface area contributed by atoms with Crippen molar-refractivity contribution in [1.82, 2.24) is 4.90 Å². The van der Waals surface area contributed by atoms with Gasteiger partial charge in [0.15, 0.2) is 6.23 Å². The highest BCUT2D eigenvalue weighted by Gasteiger charge is 2.26. The summed E-state index contributed by atoms with van der Waals surface area (Å²) in [4.78, 5) is 15.4.